The summed E-state index contributed by atoms with van der Waals surface area (Å²) in [7, 11) is 0. The minimum Gasteiger partial charge on any atom is -0.513 e. The van der Waals surface area contributed by atoms with E-state index in [0.29, 0.717) is 23.5 Å². The number of allylic oxidation sites excluding steroid dienone is 5. The van der Waals surface area contributed by atoms with Gasteiger partial charge < -0.3 is 10.2 Å². The van der Waals surface area contributed by atoms with E-state index in [-0.39, 0.29) is 12.0 Å². The Balaban J connectivity index is 2.17. The average molecular weight is 319 g/mol. The molecule has 0 aromatic rings. The summed E-state index contributed by atoms with van der Waals surface area (Å²) in [6, 6.07) is 0. The van der Waals surface area contributed by atoms with Gasteiger partial charge in [0.1, 0.15) is 0 Å². The first-order valence-electron chi connectivity index (χ1n) is 9.19. The molecule has 0 spiro atoms. The van der Waals surface area contributed by atoms with E-state index in [9.17, 15) is 10.2 Å². The van der Waals surface area contributed by atoms with Crippen LogP contribution in [0.3, 0.4) is 0 Å². The lowest BCUT2D eigenvalue weighted by Crippen LogP contribution is -2.34. The largest absolute Gasteiger partial charge is 0.513 e. The Bertz CT molecular complexity index is 504. The summed E-state index contributed by atoms with van der Waals surface area (Å²) in [6.07, 6.45) is 9.40. The Labute approximate surface area is 142 Å². The molecule has 130 valence electrons. The zero-order valence-corrected chi connectivity index (χ0v) is 15.5. The maximum atomic E-state index is 11.1. The maximum absolute atomic E-state index is 11.1. The van der Waals surface area contributed by atoms with Crippen LogP contribution in [-0.2, 0) is 0 Å². The second-order valence-electron chi connectivity index (χ2n) is 7.96. The molecule has 2 aliphatic rings. The van der Waals surface area contributed by atoms with Crippen molar-refractivity contribution >= 4 is 0 Å². The molecule has 1 fully saturated rings. The molecule has 2 aliphatic carbocycles. The highest BCUT2D eigenvalue weighted by molar-refractivity contribution is 5.27. The molecule has 2 rings (SSSR count). The fraction of sp³-hybridized carbons (Fsp3) is 0.714. The van der Waals surface area contributed by atoms with E-state index in [1.807, 2.05) is 6.92 Å². The second kappa shape index (κ2) is 7.70. The molecule has 0 aromatic heterocycles. The fourth-order valence-electron chi connectivity index (χ4n) is 4.64. The van der Waals surface area contributed by atoms with Crippen molar-refractivity contribution in [2.24, 2.45) is 23.7 Å². The molecule has 0 saturated heterocycles. The second-order valence-corrected chi connectivity index (χ2v) is 7.96. The Morgan fingerprint density at radius 1 is 1.35 bits per heavy atom. The van der Waals surface area contributed by atoms with Gasteiger partial charge >= 0.3 is 0 Å². The van der Waals surface area contributed by atoms with Gasteiger partial charge in [-0.25, -0.2) is 0 Å². The highest BCUT2D eigenvalue weighted by atomic mass is 16.3. The van der Waals surface area contributed by atoms with E-state index in [4.69, 9.17) is 0 Å². The zero-order valence-electron chi connectivity index (χ0n) is 15.5. The number of fused-ring (bicyclic) bond motifs is 1. The number of aliphatic hydroxyl groups excluding tert-OH is 2. The van der Waals surface area contributed by atoms with Crippen LogP contribution in [0.4, 0.5) is 0 Å². The van der Waals surface area contributed by atoms with E-state index in [2.05, 4.69) is 39.8 Å². The lowest BCUT2D eigenvalue weighted by molar-refractivity contribution is 0.0305. The van der Waals surface area contributed by atoms with Crippen LogP contribution in [0.15, 0.2) is 34.6 Å². The predicted molar refractivity (Wildman–Crippen MR) is 97.2 cm³/mol. The van der Waals surface area contributed by atoms with Crippen molar-refractivity contribution in [1.29, 1.82) is 0 Å². The standard InChI is InChI=1S/C21H34O2/c1-13(2)7-6-8-14(3)17-11-12-18(16(5)22)19-10-9-15(4)20(19)21(17)23/h7,9,14,17,19-23H,6,8,10-12H2,1-5H3. The van der Waals surface area contributed by atoms with Crippen LogP contribution >= 0.6 is 0 Å². The first-order chi connectivity index (χ1) is 10.8. The van der Waals surface area contributed by atoms with Gasteiger partial charge in [-0.1, -0.05) is 30.2 Å². The van der Waals surface area contributed by atoms with E-state index in [1.165, 1.54) is 16.7 Å². The van der Waals surface area contributed by atoms with Crippen molar-refractivity contribution in [3.8, 4) is 0 Å². The van der Waals surface area contributed by atoms with Gasteiger partial charge in [-0.05, 0) is 83.1 Å². The van der Waals surface area contributed by atoms with Gasteiger partial charge in [0.15, 0.2) is 0 Å². The predicted octanol–water partition coefficient (Wildman–Crippen LogP) is 5.55. The molecular weight excluding hydrogens is 284 g/mol. The smallest absolute Gasteiger partial charge is 0.0886 e. The van der Waals surface area contributed by atoms with Crippen LogP contribution in [-0.4, -0.2) is 16.3 Å². The summed E-state index contributed by atoms with van der Waals surface area (Å²) in [5.74, 6) is 1.82. The Kier molecular flexibility index (Phi) is 6.13. The zero-order chi connectivity index (χ0) is 17.1. The SMILES string of the molecule is CC(C)=CCCC(C)C1CCC(=C(C)O)C2CC=C(C)C2C1O. The van der Waals surface area contributed by atoms with Gasteiger partial charge in [0, 0.05) is 5.92 Å². The Hall–Kier alpha value is -1.02. The lowest BCUT2D eigenvalue weighted by Gasteiger charge is -2.32. The Morgan fingerprint density at radius 2 is 2.04 bits per heavy atom. The van der Waals surface area contributed by atoms with Gasteiger partial charge in [-0.2, -0.15) is 0 Å². The number of aliphatic hydroxyl groups is 2. The van der Waals surface area contributed by atoms with Crippen LogP contribution in [0.25, 0.3) is 0 Å². The highest BCUT2D eigenvalue weighted by Gasteiger charge is 2.43. The molecule has 0 aliphatic heterocycles. The summed E-state index contributed by atoms with van der Waals surface area (Å²) in [5.41, 5.74) is 3.86. The maximum Gasteiger partial charge on any atom is 0.0886 e. The summed E-state index contributed by atoms with van der Waals surface area (Å²) >= 11 is 0. The molecule has 5 atom stereocenters. The molecule has 0 radical (unpaired) electrons. The number of rotatable bonds is 4. The molecule has 23 heavy (non-hydrogen) atoms. The molecule has 1 saturated carbocycles. The molecule has 2 heteroatoms. The van der Waals surface area contributed by atoms with Crippen LogP contribution in [0, 0.1) is 23.7 Å². The summed E-state index contributed by atoms with van der Waals surface area (Å²) in [6.45, 7) is 10.5. The first-order valence-corrected chi connectivity index (χ1v) is 9.19. The quantitative estimate of drug-likeness (QED) is 0.526. The van der Waals surface area contributed by atoms with Crippen molar-refractivity contribution in [3.63, 3.8) is 0 Å². The molecule has 0 aromatic carbocycles. The molecule has 0 heterocycles. The van der Waals surface area contributed by atoms with Crippen molar-refractivity contribution in [1.82, 2.24) is 0 Å². The molecule has 2 N–H and O–H groups in total. The van der Waals surface area contributed by atoms with E-state index >= 15 is 0 Å². The van der Waals surface area contributed by atoms with Gasteiger partial charge in [-0.3, -0.25) is 0 Å². The third-order valence-corrected chi connectivity index (χ3v) is 6.02. The van der Waals surface area contributed by atoms with Crippen LogP contribution in [0.5, 0.6) is 0 Å². The summed E-state index contributed by atoms with van der Waals surface area (Å²) in [5, 5.41) is 21.2. The normalized spacial score (nSPS) is 34.3. The van der Waals surface area contributed by atoms with E-state index < -0.39 is 0 Å². The van der Waals surface area contributed by atoms with Crippen molar-refractivity contribution in [3.05, 3.63) is 34.6 Å². The van der Waals surface area contributed by atoms with E-state index in [1.54, 1.807) is 0 Å². The highest BCUT2D eigenvalue weighted by Crippen LogP contribution is 2.48. The lowest BCUT2D eigenvalue weighted by atomic mass is 9.76. The van der Waals surface area contributed by atoms with Gasteiger partial charge in [-0.15, -0.1) is 0 Å². The average Bonchev–Trinajstić information content (AvgIpc) is 2.75. The van der Waals surface area contributed by atoms with Crippen LogP contribution < -0.4 is 0 Å². The van der Waals surface area contributed by atoms with Gasteiger partial charge in [0.05, 0.1) is 11.9 Å². The topological polar surface area (TPSA) is 40.5 Å². The molecule has 0 bridgehead atoms. The minimum atomic E-state index is -0.280. The van der Waals surface area contributed by atoms with Crippen LogP contribution in [0.1, 0.15) is 66.7 Å². The molecular formula is C21H34O2. The van der Waals surface area contributed by atoms with Crippen molar-refractivity contribution in [2.45, 2.75) is 72.8 Å². The van der Waals surface area contributed by atoms with Crippen LogP contribution in [0.2, 0.25) is 0 Å². The molecule has 2 nitrogen and oxygen atoms in total. The number of hydrogen-bond donors (Lipinski definition) is 2. The molecule has 5 unspecified atom stereocenters. The monoisotopic (exact) mass is 318 g/mol. The van der Waals surface area contributed by atoms with Gasteiger partial charge in [0.2, 0.25) is 0 Å². The van der Waals surface area contributed by atoms with E-state index in [0.717, 1.165) is 32.1 Å². The third-order valence-electron chi connectivity index (χ3n) is 6.02. The first kappa shape index (κ1) is 18.3. The Morgan fingerprint density at radius 3 is 2.65 bits per heavy atom. The third kappa shape index (κ3) is 4.09. The minimum absolute atomic E-state index is 0.200. The van der Waals surface area contributed by atoms with Crippen molar-refractivity contribution in [2.75, 3.05) is 0 Å². The van der Waals surface area contributed by atoms with Crippen molar-refractivity contribution < 1.29 is 10.2 Å². The molecule has 0 amide bonds. The fourth-order valence-corrected chi connectivity index (χ4v) is 4.64. The number of hydrogen-bond acceptors (Lipinski definition) is 2. The van der Waals surface area contributed by atoms with Gasteiger partial charge in [0.25, 0.3) is 0 Å². The summed E-state index contributed by atoms with van der Waals surface area (Å²) in [4.78, 5) is 0. The summed E-state index contributed by atoms with van der Waals surface area (Å²) < 4.78 is 0.